The molecule has 0 aliphatic rings. The molecule has 28 heavy (non-hydrogen) atoms. The minimum atomic E-state index is -0.0542. The largest absolute Gasteiger partial charge is 0.359 e. The van der Waals surface area contributed by atoms with E-state index in [-0.39, 0.29) is 5.91 Å². The van der Waals surface area contributed by atoms with Crippen LogP contribution in [0.4, 0.5) is 5.82 Å². The number of nitrogens with zero attached hydrogens (tertiary/aromatic N) is 5. The second kappa shape index (κ2) is 9.39. The van der Waals surface area contributed by atoms with Crippen molar-refractivity contribution in [1.82, 2.24) is 24.3 Å². The first kappa shape index (κ1) is 19.9. The predicted molar refractivity (Wildman–Crippen MR) is 112 cm³/mol. The minimum Gasteiger partial charge on any atom is -0.359 e. The fourth-order valence-electron chi connectivity index (χ4n) is 3.34. The molecule has 0 unspecified atom stereocenters. The van der Waals surface area contributed by atoms with Crippen molar-refractivity contribution in [2.24, 2.45) is 0 Å². The lowest BCUT2D eigenvalue weighted by atomic mass is 10.2. The van der Waals surface area contributed by atoms with Gasteiger partial charge in [0.15, 0.2) is 0 Å². The number of pyridine rings is 1. The third-order valence-electron chi connectivity index (χ3n) is 4.91. The molecule has 7 nitrogen and oxygen atoms in total. The van der Waals surface area contributed by atoms with Crippen molar-refractivity contribution in [3.63, 3.8) is 0 Å². The van der Waals surface area contributed by atoms with Crippen LogP contribution >= 0.6 is 0 Å². The van der Waals surface area contributed by atoms with E-state index in [1.54, 1.807) is 12.5 Å². The fraction of sp³-hybridized carbons (Fsp3) is 0.476. The highest BCUT2D eigenvalue weighted by molar-refractivity contribution is 5.94. The van der Waals surface area contributed by atoms with Gasteiger partial charge in [-0.05, 0) is 31.4 Å². The zero-order valence-electron chi connectivity index (χ0n) is 17.1. The monoisotopic (exact) mass is 382 g/mol. The van der Waals surface area contributed by atoms with Crippen molar-refractivity contribution in [2.75, 3.05) is 25.0 Å². The topological polar surface area (TPSA) is 67.5 Å². The Morgan fingerprint density at radius 2 is 2.11 bits per heavy atom. The van der Waals surface area contributed by atoms with Gasteiger partial charge >= 0.3 is 0 Å². The van der Waals surface area contributed by atoms with Crippen LogP contribution in [-0.4, -0.2) is 45.0 Å². The Hall–Kier alpha value is -2.83. The summed E-state index contributed by atoms with van der Waals surface area (Å²) in [7, 11) is 2.10. The average molecular weight is 383 g/mol. The Labute approximate surface area is 166 Å². The van der Waals surface area contributed by atoms with Crippen LogP contribution in [-0.2, 0) is 13.0 Å². The number of aryl methyl sites for hydroxylation is 2. The zero-order chi connectivity index (χ0) is 19.9. The van der Waals surface area contributed by atoms with Gasteiger partial charge in [-0.25, -0.2) is 9.97 Å². The maximum atomic E-state index is 12.6. The van der Waals surface area contributed by atoms with E-state index in [9.17, 15) is 4.79 Å². The molecular formula is C21H30N6O. The summed E-state index contributed by atoms with van der Waals surface area (Å²) in [5, 5.41) is 3.01. The first-order chi connectivity index (χ1) is 13.6. The minimum absolute atomic E-state index is 0.0542. The van der Waals surface area contributed by atoms with E-state index < -0.39 is 0 Å². The maximum Gasteiger partial charge on any atom is 0.252 e. The van der Waals surface area contributed by atoms with Crippen LogP contribution < -0.4 is 10.2 Å². The Kier molecular flexibility index (Phi) is 6.68. The molecule has 0 bridgehead atoms. The number of anilines is 1. The molecule has 3 aromatic heterocycles. The number of aromatic nitrogens is 4. The Balaban J connectivity index is 1.71. The summed E-state index contributed by atoms with van der Waals surface area (Å²) in [4.78, 5) is 23.6. The summed E-state index contributed by atoms with van der Waals surface area (Å²) in [5.74, 6) is 1.03. The maximum absolute atomic E-state index is 12.6. The van der Waals surface area contributed by atoms with Gasteiger partial charge < -0.3 is 14.8 Å². The quantitative estimate of drug-likeness (QED) is 0.547. The highest BCUT2D eigenvalue weighted by Gasteiger charge is 2.16. The van der Waals surface area contributed by atoms with Crippen LogP contribution in [0.1, 0.15) is 49.2 Å². The van der Waals surface area contributed by atoms with Crippen molar-refractivity contribution >= 4 is 17.4 Å². The number of nitrogens with one attached hydrogen (secondary N) is 1. The summed E-state index contributed by atoms with van der Waals surface area (Å²) in [6.07, 6.45) is 11.4. The first-order valence-electron chi connectivity index (χ1n) is 10.1. The smallest absolute Gasteiger partial charge is 0.252 e. The molecule has 150 valence electrons. The lowest BCUT2D eigenvalue weighted by molar-refractivity contribution is 0.0952. The van der Waals surface area contributed by atoms with Gasteiger partial charge in [0.1, 0.15) is 11.5 Å². The number of carbonyl (C=O) groups excluding carboxylic acids is 1. The number of unbranched alkanes of at least 4 members (excludes halogenated alkanes) is 1. The molecule has 0 aliphatic heterocycles. The normalized spacial score (nSPS) is 11.1. The molecule has 3 heterocycles. The van der Waals surface area contributed by atoms with Crippen LogP contribution in [0.3, 0.4) is 0 Å². The Bertz CT molecular complexity index is 899. The van der Waals surface area contributed by atoms with Gasteiger partial charge in [0.2, 0.25) is 0 Å². The number of amides is 1. The second-order valence-corrected chi connectivity index (χ2v) is 7.07. The molecule has 0 aliphatic carbocycles. The lowest BCUT2D eigenvalue weighted by Crippen LogP contribution is -2.26. The highest BCUT2D eigenvalue weighted by atomic mass is 16.1. The van der Waals surface area contributed by atoms with Crippen molar-refractivity contribution in [2.45, 2.75) is 46.1 Å². The summed E-state index contributed by atoms with van der Waals surface area (Å²) >= 11 is 0. The number of imidazole rings is 2. The Morgan fingerprint density at radius 3 is 2.82 bits per heavy atom. The second-order valence-electron chi connectivity index (χ2n) is 7.07. The van der Waals surface area contributed by atoms with E-state index in [4.69, 9.17) is 4.98 Å². The summed E-state index contributed by atoms with van der Waals surface area (Å²) in [6.45, 7) is 6.75. The predicted octanol–water partition coefficient (Wildman–Crippen LogP) is 3.15. The van der Waals surface area contributed by atoms with Gasteiger partial charge in [0, 0.05) is 45.3 Å². The van der Waals surface area contributed by atoms with Gasteiger partial charge in [-0.3, -0.25) is 9.20 Å². The number of carbonyl (C=O) groups is 1. The highest BCUT2D eigenvalue weighted by Crippen LogP contribution is 2.23. The van der Waals surface area contributed by atoms with E-state index in [0.29, 0.717) is 12.1 Å². The third-order valence-corrected chi connectivity index (χ3v) is 4.91. The molecule has 0 fully saturated rings. The van der Waals surface area contributed by atoms with Gasteiger partial charge in [-0.2, -0.15) is 0 Å². The standard InChI is InChI=1S/C21H30N6O/c1-4-6-12-25(3)21-18(5-2)24-19-9-8-17(15-27(19)21)20(28)23-10-7-13-26-14-11-22-16-26/h8-9,11,14-16H,4-7,10,12-13H2,1-3H3,(H,23,28). The van der Waals surface area contributed by atoms with Gasteiger partial charge in [-0.1, -0.05) is 20.3 Å². The zero-order valence-corrected chi connectivity index (χ0v) is 17.1. The SMILES string of the molecule is CCCCN(C)c1c(CC)nc2ccc(C(=O)NCCCn3ccnc3)cn12. The molecule has 3 aromatic rings. The molecular weight excluding hydrogens is 352 g/mol. The van der Waals surface area contributed by atoms with Gasteiger partial charge in [-0.15, -0.1) is 0 Å². The van der Waals surface area contributed by atoms with Crippen LogP contribution in [0, 0.1) is 0 Å². The van der Waals surface area contributed by atoms with Crippen molar-refractivity contribution in [1.29, 1.82) is 0 Å². The summed E-state index contributed by atoms with van der Waals surface area (Å²) in [5.41, 5.74) is 2.60. The van der Waals surface area contributed by atoms with E-state index in [0.717, 1.165) is 55.9 Å². The van der Waals surface area contributed by atoms with Crippen LogP contribution in [0.25, 0.3) is 5.65 Å². The number of hydrogen-bond donors (Lipinski definition) is 1. The first-order valence-corrected chi connectivity index (χ1v) is 10.1. The van der Waals surface area contributed by atoms with Crippen LogP contribution in [0.2, 0.25) is 0 Å². The van der Waals surface area contributed by atoms with Gasteiger partial charge in [0.25, 0.3) is 5.91 Å². The molecule has 0 radical (unpaired) electrons. The molecule has 3 rings (SSSR count). The van der Waals surface area contributed by atoms with Crippen molar-refractivity contribution in [3.05, 3.63) is 48.3 Å². The van der Waals surface area contributed by atoms with E-state index in [1.165, 1.54) is 0 Å². The Morgan fingerprint density at radius 1 is 1.25 bits per heavy atom. The van der Waals surface area contributed by atoms with Crippen molar-refractivity contribution < 1.29 is 4.79 Å². The average Bonchev–Trinajstić information content (AvgIpc) is 3.35. The lowest BCUT2D eigenvalue weighted by Gasteiger charge is -2.20. The van der Waals surface area contributed by atoms with E-state index >= 15 is 0 Å². The third kappa shape index (κ3) is 4.52. The summed E-state index contributed by atoms with van der Waals surface area (Å²) in [6, 6.07) is 3.78. The number of rotatable bonds is 10. The molecule has 0 spiro atoms. The molecule has 0 atom stereocenters. The van der Waals surface area contributed by atoms with Crippen LogP contribution in [0.5, 0.6) is 0 Å². The molecule has 0 saturated heterocycles. The molecule has 1 amide bonds. The molecule has 1 N–H and O–H groups in total. The molecule has 0 aromatic carbocycles. The number of fused-ring (bicyclic) bond motifs is 1. The molecule has 0 saturated carbocycles. The number of hydrogen-bond acceptors (Lipinski definition) is 4. The van der Waals surface area contributed by atoms with E-state index in [1.807, 2.05) is 29.1 Å². The fourth-order valence-corrected chi connectivity index (χ4v) is 3.34. The van der Waals surface area contributed by atoms with Gasteiger partial charge in [0.05, 0.1) is 17.6 Å². The van der Waals surface area contributed by atoms with Crippen molar-refractivity contribution in [3.8, 4) is 0 Å². The van der Waals surface area contributed by atoms with Crippen LogP contribution in [0.15, 0.2) is 37.1 Å². The van der Waals surface area contributed by atoms with E-state index in [2.05, 4.69) is 40.5 Å². The summed E-state index contributed by atoms with van der Waals surface area (Å²) < 4.78 is 4.06. The molecule has 7 heteroatoms.